The maximum Gasteiger partial charge on any atom is 0.406 e. The second-order valence-corrected chi connectivity index (χ2v) is 14.4. The van der Waals surface area contributed by atoms with Gasteiger partial charge in [-0.1, -0.05) is 27.4 Å². The van der Waals surface area contributed by atoms with Crippen LogP contribution in [0.5, 0.6) is 0 Å². The predicted octanol–water partition coefficient (Wildman–Crippen LogP) is 5.14. The van der Waals surface area contributed by atoms with Crippen molar-refractivity contribution in [2.45, 2.75) is 84.5 Å². The van der Waals surface area contributed by atoms with Crippen molar-refractivity contribution < 1.29 is 32.2 Å². The molecule has 0 aromatic carbocycles. The van der Waals surface area contributed by atoms with E-state index in [2.05, 4.69) is 28.9 Å². The lowest BCUT2D eigenvalue weighted by Gasteiger charge is -2.35. The number of alkyl halides is 3. The number of nitrogens with zero attached hydrogens (tertiary/aromatic N) is 5. The topological polar surface area (TPSA) is 114 Å². The largest absolute Gasteiger partial charge is 0.464 e. The van der Waals surface area contributed by atoms with Gasteiger partial charge in [-0.05, 0) is 51.3 Å². The van der Waals surface area contributed by atoms with Crippen molar-refractivity contribution >= 4 is 35.1 Å². The number of halogens is 3. The summed E-state index contributed by atoms with van der Waals surface area (Å²) in [6, 6.07) is -0.682. The summed E-state index contributed by atoms with van der Waals surface area (Å²) in [6.45, 7) is 13.9. The van der Waals surface area contributed by atoms with E-state index in [0.717, 1.165) is 30.5 Å². The van der Waals surface area contributed by atoms with Crippen LogP contribution in [0, 0.1) is 10.8 Å². The molecule has 15 heteroatoms. The number of hydrazine groups is 1. The maximum atomic E-state index is 14.2. The fourth-order valence-corrected chi connectivity index (χ4v) is 6.54. The second-order valence-electron chi connectivity index (χ2n) is 13.3. The van der Waals surface area contributed by atoms with Crippen molar-refractivity contribution in [3.05, 3.63) is 35.3 Å². The van der Waals surface area contributed by atoms with Crippen molar-refractivity contribution in [2.75, 3.05) is 60.0 Å². The minimum absolute atomic E-state index is 0.0189. The summed E-state index contributed by atoms with van der Waals surface area (Å²) in [5, 5.41) is 9.92. The number of rotatable bonds is 8. The zero-order valence-corrected chi connectivity index (χ0v) is 29.9. The fraction of sp³-hybridized carbons (Fsp3) is 0.697. The summed E-state index contributed by atoms with van der Waals surface area (Å²) in [7, 11) is 3.56. The van der Waals surface area contributed by atoms with Gasteiger partial charge in [0, 0.05) is 87.6 Å². The van der Waals surface area contributed by atoms with E-state index in [1.807, 2.05) is 20.8 Å². The third kappa shape index (κ3) is 12.2. The van der Waals surface area contributed by atoms with Crippen LogP contribution in [0.15, 0.2) is 40.3 Å². The number of allylic oxidation sites excluding steroid dienone is 3. The molecule has 1 amide bonds. The van der Waals surface area contributed by atoms with Gasteiger partial charge < -0.3 is 23.6 Å². The molecule has 270 valence electrons. The lowest BCUT2D eigenvalue weighted by atomic mass is 9.84. The Hall–Kier alpha value is -2.88. The molecule has 2 N–H and O–H groups in total. The van der Waals surface area contributed by atoms with E-state index < -0.39 is 36.3 Å². The number of carbonyl (C=O) groups is 2. The van der Waals surface area contributed by atoms with Crippen molar-refractivity contribution in [3.63, 3.8) is 0 Å². The van der Waals surface area contributed by atoms with Crippen LogP contribution in [0.4, 0.5) is 13.2 Å². The number of hydrogen-bond acceptors (Lipinski definition) is 11. The Kier molecular flexibility index (Phi) is 14.6. The Labute approximate surface area is 287 Å². The minimum atomic E-state index is -4.61. The first kappa shape index (κ1) is 39.6. The Bertz CT molecular complexity index is 1260. The summed E-state index contributed by atoms with van der Waals surface area (Å²) >= 11 is 0.664. The molecule has 48 heavy (non-hydrogen) atoms. The second kappa shape index (κ2) is 17.7. The number of piperazine rings is 1. The first-order valence-electron chi connectivity index (χ1n) is 16.5. The molecule has 0 radical (unpaired) electrons. The van der Waals surface area contributed by atoms with E-state index in [0.29, 0.717) is 61.1 Å². The quantitative estimate of drug-likeness (QED) is 0.202. The van der Waals surface area contributed by atoms with Gasteiger partial charge in [0.05, 0.1) is 23.5 Å². The summed E-state index contributed by atoms with van der Waals surface area (Å²) in [4.78, 5) is 35.1. The van der Waals surface area contributed by atoms with Crippen LogP contribution in [0.25, 0.3) is 0 Å². The molecule has 0 aliphatic carbocycles. The SMILES string of the molecule is C=C(\C=N/C(=C/C1=C(/CC)CC(C)(C)COC(=O)[C@@H]2CCCN(N2)C(=O)CCC(=N)SN1CC(F)(F)F)[C@H](C)OC)N1CCN(C)CC1. The molecule has 2 fully saturated rings. The number of likely N-dealkylation sites (N-methyl/N-ethyl adjacent to an activating group) is 1. The number of ether oxygens (including phenoxy) is 2. The van der Waals surface area contributed by atoms with E-state index in [4.69, 9.17) is 19.9 Å². The molecule has 2 bridgehead atoms. The third-order valence-electron chi connectivity index (χ3n) is 8.56. The van der Waals surface area contributed by atoms with Gasteiger partial charge in [-0.25, -0.2) is 5.43 Å². The van der Waals surface area contributed by atoms with E-state index >= 15 is 0 Å². The molecule has 3 heterocycles. The predicted molar refractivity (Wildman–Crippen MR) is 183 cm³/mol. The number of carbonyl (C=O) groups excluding carboxylic acids is 2. The number of cyclic esters (lactones) is 1. The number of amides is 1. The molecule has 3 aliphatic heterocycles. The van der Waals surface area contributed by atoms with Gasteiger partial charge >= 0.3 is 12.1 Å². The molecule has 0 saturated carbocycles. The minimum Gasteiger partial charge on any atom is -0.464 e. The molecule has 2 atom stereocenters. The molecule has 3 rings (SSSR count). The molecular formula is C33H52F3N7O4S. The van der Waals surface area contributed by atoms with Gasteiger partial charge in [0.15, 0.2) is 0 Å². The van der Waals surface area contributed by atoms with Crippen LogP contribution >= 0.6 is 11.9 Å². The summed E-state index contributed by atoms with van der Waals surface area (Å²) < 4.78 is 55.1. The molecule has 11 nitrogen and oxygen atoms in total. The van der Waals surface area contributed by atoms with Crippen molar-refractivity contribution in [1.82, 2.24) is 24.5 Å². The molecular weight excluding hydrogens is 647 g/mol. The molecule has 3 aliphatic rings. The van der Waals surface area contributed by atoms with Gasteiger partial charge in [0.2, 0.25) is 5.91 Å². The average Bonchev–Trinajstić information content (AvgIpc) is 3.04. The molecule has 0 aromatic heterocycles. The molecule has 0 aromatic rings. The van der Waals surface area contributed by atoms with Gasteiger partial charge in [0.25, 0.3) is 0 Å². The number of esters is 1. The van der Waals surface area contributed by atoms with Crippen molar-refractivity contribution in [2.24, 2.45) is 10.4 Å². The van der Waals surface area contributed by atoms with Crippen LogP contribution in [0.1, 0.15) is 66.2 Å². The lowest BCUT2D eigenvalue weighted by molar-refractivity contribution is -0.154. The third-order valence-corrected chi connectivity index (χ3v) is 9.53. The zero-order valence-electron chi connectivity index (χ0n) is 29.1. The van der Waals surface area contributed by atoms with Gasteiger partial charge in [-0.15, -0.1) is 0 Å². The standard InChI is InChI=1S/C33H52F3N7O4S/c1-8-25-19-32(4,5)22-47-31(45)26-10-9-13-42(39-26)30(44)12-11-29(37)48-43(21-33(34,35)36)28(25)18-27(24(3)46-7)38-20-23(2)41-16-14-40(6)15-17-41/h18,20,24,26,37,39H,2,8-17,19,21-22H2,1,3-7H3/b27-18+,28-25+,37-29?,38-20-/t24-,26-/m0/s1. The van der Waals surface area contributed by atoms with Gasteiger partial charge in [0.1, 0.15) is 12.6 Å². The highest BCUT2D eigenvalue weighted by atomic mass is 32.2. The number of hydrogen-bond donors (Lipinski definition) is 2. The molecule has 0 spiro atoms. The molecule has 0 unspecified atom stereocenters. The lowest BCUT2D eigenvalue weighted by Crippen LogP contribution is -2.55. The summed E-state index contributed by atoms with van der Waals surface area (Å²) in [6.07, 6.45) is -0.348. The van der Waals surface area contributed by atoms with Crippen molar-refractivity contribution in [1.29, 1.82) is 5.41 Å². The van der Waals surface area contributed by atoms with Crippen LogP contribution in [-0.2, 0) is 19.1 Å². The van der Waals surface area contributed by atoms with Crippen LogP contribution < -0.4 is 5.43 Å². The number of nitrogens with one attached hydrogen (secondary N) is 2. The highest BCUT2D eigenvalue weighted by Gasteiger charge is 2.36. The molecule has 2 saturated heterocycles. The Morgan fingerprint density at radius 1 is 1.23 bits per heavy atom. The fourth-order valence-electron chi connectivity index (χ4n) is 5.59. The average molecular weight is 700 g/mol. The van der Waals surface area contributed by atoms with Crippen molar-refractivity contribution in [3.8, 4) is 0 Å². The monoisotopic (exact) mass is 699 g/mol. The summed E-state index contributed by atoms with van der Waals surface area (Å²) in [5.41, 5.74) is 4.26. The Balaban J connectivity index is 2.11. The first-order chi connectivity index (χ1) is 22.5. The summed E-state index contributed by atoms with van der Waals surface area (Å²) in [5.74, 6) is -0.827. The highest BCUT2D eigenvalue weighted by Crippen LogP contribution is 2.36. The number of aliphatic imine (C=N–C) groups is 1. The Morgan fingerprint density at radius 3 is 2.54 bits per heavy atom. The normalized spacial score (nSPS) is 25.4. The van der Waals surface area contributed by atoms with Crippen LogP contribution in [0.2, 0.25) is 0 Å². The van der Waals surface area contributed by atoms with E-state index in [1.54, 1.807) is 19.2 Å². The van der Waals surface area contributed by atoms with Gasteiger partial charge in [-0.2, -0.15) is 13.2 Å². The van der Waals surface area contributed by atoms with E-state index in [1.165, 1.54) is 12.1 Å². The van der Waals surface area contributed by atoms with E-state index in [9.17, 15) is 22.8 Å². The maximum absolute atomic E-state index is 14.2. The van der Waals surface area contributed by atoms with Crippen LogP contribution in [-0.4, -0.2) is 121 Å². The van der Waals surface area contributed by atoms with E-state index in [-0.39, 0.29) is 36.1 Å². The smallest absolute Gasteiger partial charge is 0.406 e. The van der Waals surface area contributed by atoms with Crippen LogP contribution in [0.3, 0.4) is 0 Å². The Morgan fingerprint density at radius 2 is 1.92 bits per heavy atom. The first-order valence-corrected chi connectivity index (χ1v) is 17.2. The number of methoxy groups -OCH3 is 1. The zero-order chi connectivity index (χ0) is 35.6. The number of fused-ring (bicyclic) bond motifs is 2. The van der Waals surface area contributed by atoms with Gasteiger partial charge in [-0.3, -0.25) is 25.0 Å². The highest BCUT2D eigenvalue weighted by molar-refractivity contribution is 8.11.